The Morgan fingerprint density at radius 2 is 2.08 bits per heavy atom. The second-order valence-corrected chi connectivity index (χ2v) is 2.20. The minimum absolute atomic E-state index is 0.127. The molecule has 0 saturated heterocycles. The maximum absolute atomic E-state index is 10.5. The number of carboxylic acid groups (broad SMARTS) is 1. The van der Waals surface area contributed by atoms with Gasteiger partial charge in [-0.25, -0.2) is 9.78 Å². The first-order valence-corrected chi connectivity index (χ1v) is 3.33. The zero-order valence-electron chi connectivity index (χ0n) is 6.51. The summed E-state index contributed by atoms with van der Waals surface area (Å²) in [5.74, 6) is -1.38. The number of pyridine rings is 1. The molecular weight excluding hydrogens is 174 g/mol. The maximum atomic E-state index is 10.5. The van der Waals surface area contributed by atoms with Crippen molar-refractivity contribution in [2.45, 2.75) is 0 Å². The van der Waals surface area contributed by atoms with Crippen molar-refractivity contribution in [2.24, 2.45) is 10.9 Å². The van der Waals surface area contributed by atoms with Crippen molar-refractivity contribution in [3.63, 3.8) is 0 Å². The fourth-order valence-electron chi connectivity index (χ4n) is 0.748. The van der Waals surface area contributed by atoms with Crippen molar-refractivity contribution in [2.75, 3.05) is 0 Å². The highest BCUT2D eigenvalue weighted by atomic mass is 16.4. The van der Waals surface area contributed by atoms with E-state index in [-0.39, 0.29) is 17.2 Å². The summed E-state index contributed by atoms with van der Waals surface area (Å²) >= 11 is 0. The number of aromatic nitrogens is 1. The van der Waals surface area contributed by atoms with Crippen LogP contribution in [0.5, 0.6) is 0 Å². The lowest BCUT2D eigenvalue weighted by molar-refractivity contribution is 0.0690. The van der Waals surface area contributed by atoms with Crippen LogP contribution in [0.25, 0.3) is 0 Å². The smallest absolute Gasteiger partial charge is 0.354 e. The monoisotopic (exact) mass is 181 g/mol. The Morgan fingerprint density at radius 1 is 1.46 bits per heavy atom. The topological polar surface area (TPSA) is 109 Å². The predicted molar refractivity (Wildman–Crippen MR) is 43.7 cm³/mol. The molecule has 0 atom stereocenters. The molecule has 0 saturated carbocycles. The number of carboxylic acids is 1. The molecule has 6 nitrogen and oxygen atoms in total. The van der Waals surface area contributed by atoms with Crippen LogP contribution in [-0.4, -0.2) is 27.1 Å². The van der Waals surface area contributed by atoms with E-state index in [9.17, 15) is 4.79 Å². The molecule has 68 valence electrons. The molecule has 4 N–H and O–H groups in total. The molecule has 0 aromatic carbocycles. The quantitative estimate of drug-likeness (QED) is 0.255. The van der Waals surface area contributed by atoms with E-state index >= 15 is 0 Å². The third-order valence-electron chi connectivity index (χ3n) is 1.34. The van der Waals surface area contributed by atoms with Gasteiger partial charge in [0.05, 0.1) is 0 Å². The summed E-state index contributed by atoms with van der Waals surface area (Å²) in [4.78, 5) is 14.1. The lowest BCUT2D eigenvalue weighted by atomic mass is 10.3. The molecule has 1 aromatic rings. The van der Waals surface area contributed by atoms with E-state index in [1.807, 2.05) is 0 Å². The summed E-state index contributed by atoms with van der Waals surface area (Å²) in [6.07, 6.45) is 0. The Bertz CT molecular complexity index is 362. The summed E-state index contributed by atoms with van der Waals surface area (Å²) < 4.78 is 0. The highest BCUT2D eigenvalue weighted by Gasteiger charge is 2.06. The summed E-state index contributed by atoms with van der Waals surface area (Å²) in [6, 6.07) is 4.22. The number of aromatic carboxylic acids is 1. The fourth-order valence-corrected chi connectivity index (χ4v) is 0.748. The van der Waals surface area contributed by atoms with E-state index in [4.69, 9.17) is 16.0 Å². The van der Waals surface area contributed by atoms with Gasteiger partial charge in [-0.1, -0.05) is 11.2 Å². The molecule has 0 amide bonds. The van der Waals surface area contributed by atoms with Crippen molar-refractivity contribution in [1.29, 1.82) is 0 Å². The van der Waals surface area contributed by atoms with Crippen molar-refractivity contribution in [1.82, 2.24) is 4.98 Å². The van der Waals surface area contributed by atoms with Crippen LogP contribution in [-0.2, 0) is 0 Å². The van der Waals surface area contributed by atoms with Gasteiger partial charge in [0.1, 0.15) is 11.4 Å². The second-order valence-electron chi connectivity index (χ2n) is 2.20. The van der Waals surface area contributed by atoms with Gasteiger partial charge in [0, 0.05) is 0 Å². The van der Waals surface area contributed by atoms with Crippen molar-refractivity contribution < 1.29 is 15.1 Å². The van der Waals surface area contributed by atoms with Gasteiger partial charge >= 0.3 is 5.97 Å². The van der Waals surface area contributed by atoms with Crippen LogP contribution in [0.3, 0.4) is 0 Å². The van der Waals surface area contributed by atoms with Gasteiger partial charge in [-0.3, -0.25) is 0 Å². The molecule has 1 heterocycles. The predicted octanol–water partition coefficient (Wildman–Crippen LogP) is -0.126. The van der Waals surface area contributed by atoms with E-state index in [1.54, 1.807) is 0 Å². The van der Waals surface area contributed by atoms with E-state index in [2.05, 4.69) is 10.1 Å². The molecule has 13 heavy (non-hydrogen) atoms. The maximum Gasteiger partial charge on any atom is 0.354 e. The van der Waals surface area contributed by atoms with E-state index < -0.39 is 5.97 Å². The minimum Gasteiger partial charge on any atom is -0.477 e. The van der Waals surface area contributed by atoms with Crippen molar-refractivity contribution in [3.05, 3.63) is 29.6 Å². The average Bonchev–Trinajstić information content (AvgIpc) is 2.17. The van der Waals surface area contributed by atoms with Crippen molar-refractivity contribution >= 4 is 11.8 Å². The molecule has 1 aromatic heterocycles. The number of rotatable bonds is 2. The first-order chi connectivity index (χ1) is 6.15. The number of hydrogen-bond acceptors (Lipinski definition) is 4. The molecule has 0 fully saturated rings. The molecule has 1 rings (SSSR count). The Kier molecular flexibility index (Phi) is 2.44. The van der Waals surface area contributed by atoms with Gasteiger partial charge in [0.2, 0.25) is 0 Å². The standard InChI is InChI=1S/C7H7N3O3/c8-6(10-13)4-2-1-3-5(9-4)7(11)12/h1-3,13H,(H2,8,10)(H,11,12). The van der Waals surface area contributed by atoms with Crippen LogP contribution in [0.1, 0.15) is 16.2 Å². The van der Waals surface area contributed by atoms with Crippen LogP contribution in [0.4, 0.5) is 0 Å². The van der Waals surface area contributed by atoms with Crippen LogP contribution >= 0.6 is 0 Å². The van der Waals surface area contributed by atoms with E-state index in [1.165, 1.54) is 18.2 Å². The van der Waals surface area contributed by atoms with Gasteiger partial charge in [-0.15, -0.1) is 0 Å². The average molecular weight is 181 g/mol. The largest absolute Gasteiger partial charge is 0.477 e. The molecule has 0 aliphatic carbocycles. The van der Waals surface area contributed by atoms with Gasteiger partial charge in [-0.05, 0) is 12.1 Å². The number of carbonyl (C=O) groups is 1. The van der Waals surface area contributed by atoms with Gasteiger partial charge in [0.15, 0.2) is 5.84 Å². The van der Waals surface area contributed by atoms with Crippen LogP contribution < -0.4 is 5.73 Å². The Labute approximate surface area is 73.3 Å². The number of amidine groups is 1. The third kappa shape index (κ3) is 1.92. The first-order valence-electron chi connectivity index (χ1n) is 3.33. The molecule has 0 radical (unpaired) electrons. The fraction of sp³-hybridized carbons (Fsp3) is 0. The number of nitrogens with zero attached hydrogens (tertiary/aromatic N) is 2. The van der Waals surface area contributed by atoms with Crippen LogP contribution in [0.2, 0.25) is 0 Å². The first kappa shape index (κ1) is 8.98. The highest BCUT2D eigenvalue weighted by molar-refractivity contribution is 5.96. The van der Waals surface area contributed by atoms with E-state index in [0.29, 0.717) is 0 Å². The molecular formula is C7H7N3O3. The normalized spacial score (nSPS) is 11.2. The minimum atomic E-state index is -1.16. The van der Waals surface area contributed by atoms with Crippen molar-refractivity contribution in [3.8, 4) is 0 Å². The molecule has 0 bridgehead atoms. The summed E-state index contributed by atoms with van der Waals surface area (Å²) in [5.41, 5.74) is 5.19. The van der Waals surface area contributed by atoms with E-state index in [0.717, 1.165) is 0 Å². The Balaban J connectivity index is 3.13. The number of hydrogen-bond donors (Lipinski definition) is 3. The molecule has 0 aliphatic heterocycles. The Morgan fingerprint density at radius 3 is 2.62 bits per heavy atom. The number of nitrogens with two attached hydrogens (primary N) is 1. The molecule has 0 aliphatic rings. The molecule has 6 heteroatoms. The summed E-state index contributed by atoms with van der Waals surface area (Å²) in [5, 5.41) is 19.5. The molecule has 0 unspecified atom stereocenters. The Hall–Kier alpha value is -2.11. The lowest BCUT2D eigenvalue weighted by Crippen LogP contribution is -2.16. The summed E-state index contributed by atoms with van der Waals surface area (Å²) in [7, 11) is 0. The zero-order chi connectivity index (χ0) is 9.84. The zero-order valence-corrected chi connectivity index (χ0v) is 6.51. The SMILES string of the molecule is N/C(=N\O)c1cccc(C(=O)O)n1. The van der Waals surface area contributed by atoms with Gasteiger partial charge < -0.3 is 16.0 Å². The molecule has 0 spiro atoms. The van der Waals surface area contributed by atoms with Crippen LogP contribution in [0.15, 0.2) is 23.4 Å². The highest BCUT2D eigenvalue weighted by Crippen LogP contribution is 1.98. The third-order valence-corrected chi connectivity index (χ3v) is 1.34. The van der Waals surface area contributed by atoms with Gasteiger partial charge in [0.25, 0.3) is 0 Å². The number of oxime groups is 1. The van der Waals surface area contributed by atoms with Crippen LogP contribution in [0, 0.1) is 0 Å². The second kappa shape index (κ2) is 3.53. The lowest BCUT2D eigenvalue weighted by Gasteiger charge is -1.98. The summed E-state index contributed by atoms with van der Waals surface area (Å²) in [6.45, 7) is 0. The van der Waals surface area contributed by atoms with Gasteiger partial charge in [-0.2, -0.15) is 0 Å².